The number of carbonyl (C=O) groups excluding carboxylic acids is 1. The van der Waals surface area contributed by atoms with Crippen LogP contribution in [0.2, 0.25) is 0 Å². The maximum Gasteiger partial charge on any atom is 0.490 e. The van der Waals surface area contributed by atoms with Crippen LogP contribution in [0, 0.1) is 11.8 Å². The second-order valence-electron chi connectivity index (χ2n) is 8.78. The van der Waals surface area contributed by atoms with E-state index in [1.165, 1.54) is 36.4 Å². The summed E-state index contributed by atoms with van der Waals surface area (Å²) in [5.74, 6) is 1.63. The molecule has 0 aliphatic rings. The molecule has 1 atom stereocenters. The highest BCUT2D eigenvalue weighted by Gasteiger charge is 2.38. The van der Waals surface area contributed by atoms with Gasteiger partial charge in [-0.15, -0.1) is 0 Å². The Bertz CT molecular complexity index is 1840. The Hall–Kier alpha value is -5.46. The van der Waals surface area contributed by atoms with Gasteiger partial charge in [-0.25, -0.2) is 18.2 Å². The van der Waals surface area contributed by atoms with Gasteiger partial charge in [-0.05, 0) is 53.8 Å². The summed E-state index contributed by atoms with van der Waals surface area (Å²) in [6.45, 7) is -0.448. The third kappa shape index (κ3) is 9.28. The second kappa shape index (κ2) is 14.1. The van der Waals surface area contributed by atoms with E-state index in [2.05, 4.69) is 26.9 Å². The average Bonchev–Trinajstić information content (AvgIpc) is 2.98. The molecule has 15 heteroatoms. The topological polar surface area (TPSA) is 189 Å². The van der Waals surface area contributed by atoms with Crippen LogP contribution in [0.4, 0.5) is 19.0 Å². The first-order chi connectivity index (χ1) is 20.7. The third-order valence-corrected chi connectivity index (χ3v) is 7.08. The van der Waals surface area contributed by atoms with Crippen molar-refractivity contribution >= 4 is 44.5 Å². The SMILES string of the molecule is Nc1cc2ccccc2c(C#Cc2ccc(C(=O)NCC(NS(=O)(=O)c3ccccc3)C(=O)O)cc2)n1.O=C(O)C(F)(F)F. The molecule has 0 radical (unpaired) electrons. The Kier molecular flexibility index (Phi) is 10.6. The zero-order valence-electron chi connectivity index (χ0n) is 22.4. The largest absolute Gasteiger partial charge is 0.490 e. The number of sulfonamides is 1. The number of nitrogens with one attached hydrogen (secondary N) is 2. The molecule has 0 spiro atoms. The molecule has 0 saturated carbocycles. The van der Waals surface area contributed by atoms with Crippen LogP contribution in [0.3, 0.4) is 0 Å². The number of alkyl halides is 3. The van der Waals surface area contributed by atoms with Crippen LogP contribution < -0.4 is 15.8 Å². The molecule has 4 aromatic rings. The molecule has 3 aromatic carbocycles. The number of aromatic nitrogens is 1. The lowest BCUT2D eigenvalue weighted by atomic mass is 10.1. The lowest BCUT2D eigenvalue weighted by molar-refractivity contribution is -0.192. The lowest BCUT2D eigenvalue weighted by Crippen LogP contribution is -2.48. The summed E-state index contributed by atoms with van der Waals surface area (Å²) in [5.41, 5.74) is 7.30. The van der Waals surface area contributed by atoms with Crippen LogP contribution in [0.1, 0.15) is 21.6 Å². The van der Waals surface area contributed by atoms with Gasteiger partial charge in [-0.1, -0.05) is 48.4 Å². The molecule has 11 nitrogen and oxygen atoms in total. The van der Waals surface area contributed by atoms with E-state index < -0.39 is 46.6 Å². The first kappa shape index (κ1) is 33.0. The van der Waals surface area contributed by atoms with Crippen LogP contribution in [0.15, 0.2) is 89.8 Å². The van der Waals surface area contributed by atoms with E-state index in [4.69, 9.17) is 15.6 Å². The quantitative estimate of drug-likeness (QED) is 0.192. The minimum Gasteiger partial charge on any atom is -0.480 e. The number of nitrogens with zero attached hydrogens (tertiary/aromatic N) is 1. The van der Waals surface area contributed by atoms with Gasteiger partial charge in [-0.2, -0.15) is 17.9 Å². The van der Waals surface area contributed by atoms with Crippen molar-refractivity contribution in [2.45, 2.75) is 17.1 Å². The van der Waals surface area contributed by atoms with Crippen molar-refractivity contribution in [3.63, 3.8) is 0 Å². The number of carboxylic acid groups (broad SMARTS) is 2. The monoisotopic (exact) mass is 628 g/mol. The third-order valence-electron chi connectivity index (χ3n) is 5.59. The lowest BCUT2D eigenvalue weighted by Gasteiger charge is -2.15. The van der Waals surface area contributed by atoms with Crippen LogP contribution in [-0.2, 0) is 19.6 Å². The smallest absolute Gasteiger partial charge is 0.480 e. The molecule has 4 rings (SSSR count). The number of carboxylic acids is 2. The number of nitrogen functional groups attached to an aromatic ring is 1. The second-order valence-corrected chi connectivity index (χ2v) is 10.5. The van der Waals surface area contributed by atoms with E-state index in [-0.39, 0.29) is 10.5 Å². The van der Waals surface area contributed by atoms with Gasteiger partial charge in [0.1, 0.15) is 17.6 Å². The number of pyridine rings is 1. The van der Waals surface area contributed by atoms with Crippen molar-refractivity contribution < 1.29 is 46.2 Å². The van der Waals surface area contributed by atoms with Gasteiger partial charge < -0.3 is 21.3 Å². The van der Waals surface area contributed by atoms with E-state index in [9.17, 15) is 36.3 Å². The molecule has 0 aliphatic carbocycles. The summed E-state index contributed by atoms with van der Waals surface area (Å²) in [7, 11) is -4.08. The van der Waals surface area contributed by atoms with Crippen molar-refractivity contribution in [3.05, 3.63) is 102 Å². The van der Waals surface area contributed by atoms with E-state index in [1.807, 2.05) is 24.3 Å². The van der Waals surface area contributed by atoms with Gasteiger partial charge in [0, 0.05) is 23.1 Å². The van der Waals surface area contributed by atoms with Crippen molar-refractivity contribution in [1.29, 1.82) is 0 Å². The van der Waals surface area contributed by atoms with Crippen molar-refractivity contribution in [2.75, 3.05) is 12.3 Å². The summed E-state index contributed by atoms with van der Waals surface area (Å²) in [4.78, 5) is 37.3. The summed E-state index contributed by atoms with van der Waals surface area (Å²) in [5, 5.41) is 20.8. The maximum atomic E-state index is 12.5. The number of carbonyl (C=O) groups is 3. The van der Waals surface area contributed by atoms with Crippen molar-refractivity contribution in [3.8, 4) is 11.8 Å². The Morgan fingerprint density at radius 2 is 1.50 bits per heavy atom. The number of halogens is 3. The normalized spacial score (nSPS) is 11.7. The highest BCUT2D eigenvalue weighted by Crippen LogP contribution is 2.19. The van der Waals surface area contributed by atoms with Crippen LogP contribution in [0.5, 0.6) is 0 Å². The molecule has 6 N–H and O–H groups in total. The Morgan fingerprint density at radius 3 is 2.09 bits per heavy atom. The fourth-order valence-corrected chi connectivity index (χ4v) is 4.69. The fourth-order valence-electron chi connectivity index (χ4n) is 3.48. The first-order valence-corrected chi connectivity index (χ1v) is 13.8. The van der Waals surface area contributed by atoms with Crippen LogP contribution in [0.25, 0.3) is 10.8 Å². The maximum absolute atomic E-state index is 12.5. The van der Waals surface area contributed by atoms with Crippen molar-refractivity contribution in [2.24, 2.45) is 0 Å². The summed E-state index contributed by atoms with van der Waals surface area (Å²) >= 11 is 0. The molecule has 0 bridgehead atoms. The molecule has 228 valence electrons. The van der Waals surface area contributed by atoms with Gasteiger partial charge in [0.05, 0.1) is 4.90 Å². The fraction of sp³-hybridized carbons (Fsp3) is 0.103. The molecule has 44 heavy (non-hydrogen) atoms. The summed E-state index contributed by atoms with van der Waals surface area (Å²) < 4.78 is 58.7. The number of benzene rings is 3. The summed E-state index contributed by atoms with van der Waals surface area (Å²) in [6.07, 6.45) is -5.08. The van der Waals surface area contributed by atoms with Gasteiger partial charge in [-0.3, -0.25) is 9.59 Å². The van der Waals surface area contributed by atoms with E-state index in [0.717, 1.165) is 10.8 Å². The molecule has 0 fully saturated rings. The molecular formula is C29H23F3N4O7S. The average molecular weight is 629 g/mol. The first-order valence-electron chi connectivity index (χ1n) is 12.3. The van der Waals surface area contributed by atoms with Crippen LogP contribution in [-0.4, -0.2) is 60.2 Å². The van der Waals surface area contributed by atoms with Crippen molar-refractivity contribution in [1.82, 2.24) is 15.0 Å². The van der Waals surface area contributed by atoms with E-state index in [1.54, 1.807) is 24.3 Å². The van der Waals surface area contributed by atoms with Gasteiger partial charge in [0.2, 0.25) is 10.0 Å². The Balaban J connectivity index is 0.000000676. The van der Waals surface area contributed by atoms with E-state index in [0.29, 0.717) is 17.1 Å². The van der Waals surface area contributed by atoms with Gasteiger partial charge in [0.25, 0.3) is 5.91 Å². The van der Waals surface area contributed by atoms with E-state index >= 15 is 0 Å². The number of rotatable bonds is 7. The number of amides is 1. The Labute approximate surface area is 248 Å². The minimum atomic E-state index is -5.08. The van der Waals surface area contributed by atoms with Gasteiger partial charge >= 0.3 is 18.1 Å². The number of nitrogens with two attached hydrogens (primary N) is 1. The zero-order chi connectivity index (χ0) is 32.5. The number of aliphatic carboxylic acids is 2. The zero-order valence-corrected chi connectivity index (χ0v) is 23.2. The highest BCUT2D eigenvalue weighted by atomic mass is 32.2. The van der Waals surface area contributed by atoms with Gasteiger partial charge in [0.15, 0.2) is 0 Å². The van der Waals surface area contributed by atoms with Crippen LogP contribution >= 0.6 is 0 Å². The molecule has 1 amide bonds. The molecule has 0 saturated heterocycles. The summed E-state index contributed by atoms with van der Waals surface area (Å²) in [6, 6.07) is 21.6. The Morgan fingerprint density at radius 1 is 0.909 bits per heavy atom. The number of hydrogen-bond donors (Lipinski definition) is 5. The molecule has 1 heterocycles. The number of anilines is 1. The number of hydrogen-bond acceptors (Lipinski definition) is 7. The molecule has 1 aromatic heterocycles. The predicted octanol–water partition coefficient (Wildman–Crippen LogP) is 3.01. The molecule has 1 unspecified atom stereocenters. The highest BCUT2D eigenvalue weighted by molar-refractivity contribution is 7.89. The minimum absolute atomic E-state index is 0.0781. The predicted molar refractivity (Wildman–Crippen MR) is 153 cm³/mol. The molecule has 0 aliphatic heterocycles. The standard InChI is InChI=1S/C27H22N4O5S.C2HF3O2/c28-25-16-20-6-4-5-9-22(20)23(30-25)15-12-18-10-13-19(14-11-18)26(32)29-17-24(27(33)34)31-37(35,36)21-7-2-1-3-8-21;3-2(4,5)1(6)7/h1-11,13-14,16,24,31H,17H2,(H2,28,30)(H,29,32)(H,33,34);(H,6,7). The molecular weight excluding hydrogens is 605 g/mol. The number of fused-ring (bicyclic) bond motifs is 1.